The Morgan fingerprint density at radius 1 is 0.754 bits per heavy atom. The van der Waals surface area contributed by atoms with Gasteiger partial charge >= 0.3 is 5.97 Å². The van der Waals surface area contributed by atoms with Crippen molar-refractivity contribution in [1.29, 1.82) is 0 Å². The number of nitrogens with zero attached hydrogens (tertiary/aromatic N) is 2. The Morgan fingerprint density at radius 2 is 1.36 bits per heavy atom. The Labute approximate surface area is 414 Å². The van der Waals surface area contributed by atoms with Gasteiger partial charge in [0, 0.05) is 58.5 Å². The van der Waals surface area contributed by atoms with Crippen LogP contribution in [-0.2, 0) is 37.3 Å². The fraction of sp³-hybridized carbons (Fsp3) is 0.593. The van der Waals surface area contributed by atoms with Gasteiger partial charge in [0.1, 0.15) is 25.1 Å². The summed E-state index contributed by atoms with van der Waals surface area (Å²) in [4.78, 5) is 34.9. The van der Waals surface area contributed by atoms with Gasteiger partial charge in [0.15, 0.2) is 19.7 Å². The zero-order valence-electron chi connectivity index (χ0n) is 44.3. The third-order valence-electron chi connectivity index (χ3n) is 14.2. The van der Waals surface area contributed by atoms with Crippen LogP contribution in [0, 0.1) is 23.7 Å². The number of carbonyl (C=O) groups is 2. The van der Waals surface area contributed by atoms with E-state index in [1.807, 2.05) is 13.0 Å². The second-order valence-corrected chi connectivity index (χ2v) is 30.1. The molecule has 15 heteroatoms. The summed E-state index contributed by atoms with van der Waals surface area (Å²) in [6.45, 7) is 27.2. The molecule has 8 atom stereocenters. The van der Waals surface area contributed by atoms with Crippen molar-refractivity contribution in [3.63, 3.8) is 0 Å². The van der Waals surface area contributed by atoms with Crippen molar-refractivity contribution in [3.8, 4) is 11.6 Å². The van der Waals surface area contributed by atoms with Gasteiger partial charge in [-0.15, -0.1) is 0 Å². The zero-order valence-corrected chi connectivity index (χ0v) is 46.3. The first-order chi connectivity index (χ1) is 32.5. The largest absolute Gasteiger partial charge is 0.464 e. The summed E-state index contributed by atoms with van der Waals surface area (Å²) in [5.74, 6) is -0.418. The Morgan fingerprint density at radius 3 is 1.90 bits per heavy atom. The molecule has 0 unspecified atom stereocenters. The van der Waals surface area contributed by atoms with Crippen molar-refractivity contribution >= 4 is 44.8 Å². The van der Waals surface area contributed by atoms with E-state index in [1.54, 1.807) is 27.4 Å². The predicted molar refractivity (Wildman–Crippen MR) is 276 cm³/mol. The van der Waals surface area contributed by atoms with Crippen LogP contribution in [0.3, 0.4) is 0 Å². The van der Waals surface area contributed by atoms with Gasteiger partial charge in [0.05, 0.1) is 31.5 Å². The smallest absolute Gasteiger partial charge is 0.360 e. The van der Waals surface area contributed by atoms with E-state index < -0.39 is 22.6 Å². The van der Waals surface area contributed by atoms with Crippen LogP contribution >= 0.6 is 0 Å². The maximum atomic E-state index is 14.5. The van der Waals surface area contributed by atoms with Gasteiger partial charge in [-0.1, -0.05) is 136 Å². The molecule has 0 bridgehead atoms. The average molecular weight is 991 g/mol. The fourth-order valence-corrected chi connectivity index (χ4v) is 14.9. The molecule has 0 saturated heterocycles. The minimum atomic E-state index is -2.83. The van der Waals surface area contributed by atoms with E-state index in [2.05, 4.69) is 146 Å². The van der Waals surface area contributed by atoms with Crippen molar-refractivity contribution in [2.24, 2.45) is 23.7 Å². The van der Waals surface area contributed by atoms with Crippen LogP contribution in [0.5, 0.6) is 0 Å². The molecule has 382 valence electrons. The third-order valence-corrected chi connectivity index (χ3v) is 23.6. The quantitative estimate of drug-likeness (QED) is 0.0302. The summed E-state index contributed by atoms with van der Waals surface area (Å²) in [7, 11) is 1.12. The van der Waals surface area contributed by atoms with E-state index in [1.165, 1.54) is 30.0 Å². The van der Waals surface area contributed by atoms with Gasteiger partial charge in [-0.05, 0) is 58.4 Å². The number of ether oxygens (including phenoxy) is 5. The van der Waals surface area contributed by atoms with Gasteiger partial charge in [0.25, 0.3) is 8.32 Å². The number of hydrogen-bond donors (Lipinski definition) is 0. The van der Waals surface area contributed by atoms with Crippen LogP contribution in [0.25, 0.3) is 17.7 Å². The van der Waals surface area contributed by atoms with E-state index in [9.17, 15) is 9.59 Å². The van der Waals surface area contributed by atoms with Gasteiger partial charge in [-0.3, -0.25) is 4.79 Å². The predicted octanol–water partition coefficient (Wildman–Crippen LogP) is 10.8. The van der Waals surface area contributed by atoms with Crippen LogP contribution < -0.4 is 10.4 Å². The molecule has 4 rings (SSSR count). The molecule has 2 aromatic carbocycles. The van der Waals surface area contributed by atoms with E-state index >= 15 is 0 Å². The number of benzene rings is 2. The number of rotatable bonds is 28. The van der Waals surface area contributed by atoms with Crippen LogP contribution in [0.15, 0.2) is 88.1 Å². The van der Waals surface area contributed by atoms with E-state index in [0.717, 1.165) is 0 Å². The first-order valence-corrected chi connectivity index (χ1v) is 29.1. The summed E-state index contributed by atoms with van der Waals surface area (Å²) in [6.07, 6.45) is 7.37. The second kappa shape index (κ2) is 25.9. The molecule has 0 N–H and O–H groups in total. The number of hydrogen-bond acceptors (Lipinski definition) is 13. The maximum Gasteiger partial charge on any atom is 0.360 e. The molecule has 0 saturated carbocycles. The monoisotopic (exact) mass is 991 g/mol. The number of oxazole rings is 2. The summed E-state index contributed by atoms with van der Waals surface area (Å²) in [5, 5.41) is 2.21. The molecule has 0 aliphatic rings. The minimum Gasteiger partial charge on any atom is -0.464 e. The van der Waals surface area contributed by atoms with E-state index in [0.29, 0.717) is 43.9 Å². The Hall–Kier alpha value is -4.07. The number of ketones is 1. The molecule has 0 fully saturated rings. The number of methoxy groups -OCH3 is 4. The molecule has 0 aliphatic heterocycles. The first kappa shape index (κ1) is 57.5. The standard InChI is InChI=1S/C54H82N2O11Si2/c1-37(47(61-13)32-48(65-36-59-11)40(4)46(60-12)28-23-29-49-55-43(34-63-49)51-56-44(35-64-51)52(58)62-14)30-31-45(57)39(3)50(67-68(15,16)53(5,6)7)38(2)33-66-69(54(8,9)10,41-24-19-17-20-25-41)42-26-21-18-22-27-42/h17-27,29,34-35,37-40,46-48,50H,28,30-33,36H2,1-16H3/b29-23+/t37-,38+,39-,40+,46-,47-,48-,50+/m0/s1. The molecular weight excluding hydrogens is 909 g/mol. The Balaban J connectivity index is 1.47. The number of carbonyl (C=O) groups excluding carboxylic acids is 2. The Bertz CT molecular complexity index is 2140. The third kappa shape index (κ3) is 15.0. The number of aromatic nitrogens is 2. The van der Waals surface area contributed by atoms with E-state index in [4.69, 9.17) is 41.4 Å². The van der Waals surface area contributed by atoms with Crippen molar-refractivity contribution in [1.82, 2.24) is 9.97 Å². The SMILES string of the molecule is COCO[C@@H](C[C@H](OC)[C@@H](C)CCC(=O)[C@H](C)[C@H](O[Si](C)(C)C(C)(C)C)[C@H](C)CO[Si](c1ccccc1)(c1ccccc1)C(C)(C)C)[C@H](C)[C@H](C/C=C/c1nc(-c2nc(C(=O)OC)co2)co1)OC. The highest BCUT2D eigenvalue weighted by Crippen LogP contribution is 2.41. The van der Waals surface area contributed by atoms with E-state index in [-0.39, 0.29) is 82.3 Å². The second-order valence-electron chi connectivity index (χ2n) is 21.1. The molecule has 0 radical (unpaired) electrons. The first-order valence-electron chi connectivity index (χ1n) is 24.3. The summed E-state index contributed by atoms with van der Waals surface area (Å²) in [6, 6.07) is 21.4. The fourth-order valence-electron chi connectivity index (χ4n) is 8.81. The summed E-state index contributed by atoms with van der Waals surface area (Å²) >= 11 is 0. The van der Waals surface area contributed by atoms with Crippen LogP contribution in [0.4, 0.5) is 0 Å². The topological polar surface area (TPSA) is 151 Å². The summed E-state index contributed by atoms with van der Waals surface area (Å²) < 4.78 is 54.3. The average Bonchev–Trinajstić information content (AvgIpc) is 4.01. The van der Waals surface area contributed by atoms with Crippen molar-refractivity contribution < 1.29 is 51.0 Å². The molecule has 4 aromatic rings. The van der Waals surface area contributed by atoms with Crippen molar-refractivity contribution in [2.45, 2.75) is 143 Å². The minimum absolute atomic E-state index is 0.0371. The van der Waals surface area contributed by atoms with Crippen LogP contribution in [0.2, 0.25) is 23.2 Å². The molecule has 69 heavy (non-hydrogen) atoms. The molecule has 2 heterocycles. The van der Waals surface area contributed by atoms with Crippen LogP contribution in [-0.4, -0.2) is 105 Å². The van der Waals surface area contributed by atoms with Gasteiger partial charge in [-0.25, -0.2) is 14.8 Å². The van der Waals surface area contributed by atoms with Gasteiger partial charge in [-0.2, -0.15) is 0 Å². The molecular formula is C54H82N2O11Si2. The lowest BCUT2D eigenvalue weighted by molar-refractivity contribution is -0.130. The molecule has 0 spiro atoms. The van der Waals surface area contributed by atoms with Crippen LogP contribution in [0.1, 0.15) is 111 Å². The lowest BCUT2D eigenvalue weighted by Gasteiger charge is -2.45. The highest BCUT2D eigenvalue weighted by molar-refractivity contribution is 6.99. The molecule has 0 aliphatic carbocycles. The Kier molecular flexibility index (Phi) is 21.6. The van der Waals surface area contributed by atoms with Crippen molar-refractivity contribution in [3.05, 3.63) is 90.9 Å². The summed E-state index contributed by atoms with van der Waals surface area (Å²) in [5.41, 5.74) is 0.384. The lowest BCUT2D eigenvalue weighted by atomic mass is 9.84. The number of Topliss-reactive ketones (excluding diaryl/α,β-unsaturated/α-hetero) is 1. The van der Waals surface area contributed by atoms with Crippen molar-refractivity contribution in [2.75, 3.05) is 41.8 Å². The van der Waals surface area contributed by atoms with Gasteiger partial charge < -0.3 is 41.4 Å². The molecule has 13 nitrogen and oxygen atoms in total. The lowest BCUT2D eigenvalue weighted by Crippen LogP contribution is -2.67. The zero-order chi connectivity index (χ0) is 51.2. The maximum absolute atomic E-state index is 14.5. The highest BCUT2D eigenvalue weighted by Gasteiger charge is 2.51. The number of esters is 1. The molecule has 2 aromatic heterocycles. The molecule has 0 amide bonds. The van der Waals surface area contributed by atoms with Gasteiger partial charge in [0.2, 0.25) is 11.8 Å². The normalized spacial score (nSPS) is 16.4. The highest BCUT2D eigenvalue weighted by atomic mass is 28.4.